The van der Waals surface area contributed by atoms with Crippen molar-refractivity contribution < 1.29 is 31.6 Å². The van der Waals surface area contributed by atoms with Crippen molar-refractivity contribution in [2.75, 3.05) is 26.7 Å². The first-order valence-electron chi connectivity index (χ1n) is 9.52. The highest BCUT2D eigenvalue weighted by Gasteiger charge is 2.29. The Balaban J connectivity index is 1.66. The van der Waals surface area contributed by atoms with Gasteiger partial charge in [0, 0.05) is 20.1 Å². The standard InChI is InChI=1S/C20H23FN2O6S/c1-22(13-16-6-5-11-28-16)19(24)14-29-20(25)15-7-8-17(21)18(12-15)30(26,27)23-9-3-2-4-10-23/h5-8,11-12H,2-4,9-10,13-14H2,1H3. The van der Waals surface area contributed by atoms with Crippen LogP contribution in [0.3, 0.4) is 0 Å². The van der Waals surface area contributed by atoms with Crippen molar-refractivity contribution in [2.45, 2.75) is 30.7 Å². The van der Waals surface area contributed by atoms with E-state index < -0.39 is 39.2 Å². The lowest BCUT2D eigenvalue weighted by atomic mass is 10.2. The van der Waals surface area contributed by atoms with Gasteiger partial charge >= 0.3 is 5.97 Å². The molecule has 1 amide bonds. The molecule has 0 bridgehead atoms. The predicted molar refractivity (Wildman–Crippen MR) is 104 cm³/mol. The molecular weight excluding hydrogens is 415 g/mol. The number of rotatable bonds is 7. The zero-order chi connectivity index (χ0) is 21.7. The van der Waals surface area contributed by atoms with Gasteiger partial charge in [0.1, 0.15) is 16.5 Å². The van der Waals surface area contributed by atoms with Gasteiger partial charge in [-0.1, -0.05) is 6.42 Å². The van der Waals surface area contributed by atoms with Crippen LogP contribution in [-0.4, -0.2) is 56.2 Å². The molecule has 1 aliphatic rings. The summed E-state index contributed by atoms with van der Waals surface area (Å²) in [6, 6.07) is 6.40. The number of sulfonamides is 1. The Hall–Kier alpha value is -2.72. The second kappa shape index (κ2) is 9.40. The summed E-state index contributed by atoms with van der Waals surface area (Å²) < 4.78 is 51.1. The number of piperidine rings is 1. The van der Waals surface area contributed by atoms with Gasteiger partial charge in [-0.15, -0.1) is 0 Å². The van der Waals surface area contributed by atoms with E-state index in [0.717, 1.165) is 24.6 Å². The van der Waals surface area contributed by atoms with Crippen LogP contribution in [0.4, 0.5) is 4.39 Å². The van der Waals surface area contributed by atoms with Gasteiger partial charge in [-0.3, -0.25) is 4.79 Å². The molecule has 0 unspecified atom stereocenters. The number of nitrogens with zero attached hydrogens (tertiary/aromatic N) is 2. The third kappa shape index (κ3) is 5.06. The molecule has 3 rings (SSSR count). The van der Waals surface area contributed by atoms with Gasteiger partial charge < -0.3 is 14.1 Å². The summed E-state index contributed by atoms with van der Waals surface area (Å²) in [4.78, 5) is 25.2. The van der Waals surface area contributed by atoms with Crippen molar-refractivity contribution in [3.63, 3.8) is 0 Å². The molecule has 1 fully saturated rings. The summed E-state index contributed by atoms with van der Waals surface area (Å²) in [5, 5.41) is 0. The molecule has 0 N–H and O–H groups in total. The van der Waals surface area contributed by atoms with Gasteiger partial charge in [0.05, 0.1) is 18.4 Å². The van der Waals surface area contributed by atoms with Crippen LogP contribution in [0.15, 0.2) is 45.9 Å². The van der Waals surface area contributed by atoms with E-state index in [4.69, 9.17) is 9.15 Å². The predicted octanol–water partition coefficient (Wildman–Crippen LogP) is 2.41. The van der Waals surface area contributed by atoms with Crippen molar-refractivity contribution in [2.24, 2.45) is 0 Å². The van der Waals surface area contributed by atoms with Crippen molar-refractivity contribution in [1.82, 2.24) is 9.21 Å². The number of hydrogen-bond donors (Lipinski definition) is 0. The molecule has 2 heterocycles. The first-order valence-corrected chi connectivity index (χ1v) is 11.0. The number of furan rings is 1. The molecule has 0 radical (unpaired) electrons. The molecule has 162 valence electrons. The number of amides is 1. The minimum Gasteiger partial charge on any atom is -0.467 e. The topological polar surface area (TPSA) is 97.1 Å². The fraction of sp³-hybridized carbons (Fsp3) is 0.400. The minimum atomic E-state index is -4.06. The van der Waals surface area contributed by atoms with Gasteiger partial charge in [-0.2, -0.15) is 4.31 Å². The lowest BCUT2D eigenvalue weighted by Crippen LogP contribution is -2.36. The number of hydrogen-bond acceptors (Lipinski definition) is 6. The van der Waals surface area contributed by atoms with E-state index in [-0.39, 0.29) is 12.1 Å². The molecule has 8 nitrogen and oxygen atoms in total. The summed E-state index contributed by atoms with van der Waals surface area (Å²) in [7, 11) is -2.53. The molecule has 0 spiro atoms. The summed E-state index contributed by atoms with van der Waals surface area (Å²) in [6.07, 6.45) is 3.81. The lowest BCUT2D eigenvalue weighted by Gasteiger charge is -2.26. The van der Waals surface area contributed by atoms with Gasteiger partial charge in [0.25, 0.3) is 5.91 Å². The molecule has 1 aromatic heterocycles. The van der Waals surface area contributed by atoms with Crippen molar-refractivity contribution in [3.05, 3.63) is 53.7 Å². The van der Waals surface area contributed by atoms with Crippen LogP contribution in [0.2, 0.25) is 0 Å². The fourth-order valence-corrected chi connectivity index (χ4v) is 4.73. The smallest absolute Gasteiger partial charge is 0.338 e. The Morgan fingerprint density at radius 1 is 1.20 bits per heavy atom. The molecule has 1 saturated heterocycles. The van der Waals surface area contributed by atoms with E-state index >= 15 is 0 Å². The van der Waals surface area contributed by atoms with Gasteiger partial charge in [-0.05, 0) is 43.2 Å². The van der Waals surface area contributed by atoms with Gasteiger partial charge in [0.15, 0.2) is 6.61 Å². The molecule has 2 aromatic rings. The van der Waals surface area contributed by atoms with Crippen LogP contribution in [0.1, 0.15) is 35.4 Å². The molecule has 0 saturated carbocycles. The maximum atomic E-state index is 14.3. The average molecular weight is 438 g/mol. The van der Waals surface area contributed by atoms with Crippen LogP contribution >= 0.6 is 0 Å². The molecule has 1 aromatic carbocycles. The van der Waals surface area contributed by atoms with E-state index in [1.54, 1.807) is 12.1 Å². The number of carbonyl (C=O) groups excluding carboxylic acids is 2. The maximum absolute atomic E-state index is 14.3. The van der Waals surface area contributed by atoms with Crippen LogP contribution in [0.5, 0.6) is 0 Å². The quantitative estimate of drug-likeness (QED) is 0.616. The highest BCUT2D eigenvalue weighted by molar-refractivity contribution is 7.89. The van der Waals surface area contributed by atoms with Crippen LogP contribution in [0, 0.1) is 5.82 Å². The number of likely N-dealkylation sites (N-methyl/N-ethyl adjacent to an activating group) is 1. The number of esters is 1. The van der Waals surface area contributed by atoms with Crippen molar-refractivity contribution in [3.8, 4) is 0 Å². The monoisotopic (exact) mass is 438 g/mol. The Bertz CT molecular complexity index is 1000. The molecule has 0 aliphatic carbocycles. The highest BCUT2D eigenvalue weighted by atomic mass is 32.2. The van der Waals surface area contributed by atoms with Crippen molar-refractivity contribution in [1.29, 1.82) is 0 Å². The molecule has 0 atom stereocenters. The molecule has 1 aliphatic heterocycles. The largest absolute Gasteiger partial charge is 0.467 e. The molecule has 30 heavy (non-hydrogen) atoms. The van der Waals surface area contributed by atoms with E-state index in [1.165, 1.54) is 22.5 Å². The third-order valence-corrected chi connectivity index (χ3v) is 6.74. The second-order valence-electron chi connectivity index (χ2n) is 7.02. The minimum absolute atomic E-state index is 0.145. The van der Waals surface area contributed by atoms with E-state index in [0.29, 0.717) is 31.7 Å². The fourth-order valence-electron chi connectivity index (χ4n) is 3.12. The van der Waals surface area contributed by atoms with Crippen LogP contribution in [0.25, 0.3) is 0 Å². The molecular formula is C20H23FN2O6S. The van der Waals surface area contributed by atoms with Crippen LogP contribution in [-0.2, 0) is 26.1 Å². The van der Waals surface area contributed by atoms with Crippen molar-refractivity contribution >= 4 is 21.9 Å². The zero-order valence-corrected chi connectivity index (χ0v) is 17.4. The summed E-state index contributed by atoms with van der Waals surface area (Å²) >= 11 is 0. The number of halogens is 1. The maximum Gasteiger partial charge on any atom is 0.338 e. The number of benzene rings is 1. The molecule has 10 heteroatoms. The third-order valence-electron chi connectivity index (χ3n) is 4.83. The number of ether oxygens (including phenoxy) is 1. The highest BCUT2D eigenvalue weighted by Crippen LogP contribution is 2.24. The van der Waals surface area contributed by atoms with E-state index in [2.05, 4.69) is 0 Å². The SMILES string of the molecule is CN(Cc1ccco1)C(=O)COC(=O)c1ccc(F)c(S(=O)(=O)N2CCCCC2)c1. The summed E-state index contributed by atoms with van der Waals surface area (Å²) in [5.74, 6) is -1.75. The first kappa shape index (κ1) is 22.0. The first-order chi connectivity index (χ1) is 14.3. The summed E-state index contributed by atoms with van der Waals surface area (Å²) in [6.45, 7) is 0.291. The van der Waals surface area contributed by atoms with E-state index in [1.807, 2.05) is 0 Å². The summed E-state index contributed by atoms with van der Waals surface area (Å²) in [5.41, 5.74) is -0.145. The van der Waals surface area contributed by atoms with Gasteiger partial charge in [0.2, 0.25) is 10.0 Å². The Labute approximate surface area is 174 Å². The Kier molecular flexibility index (Phi) is 6.88. The van der Waals surface area contributed by atoms with Gasteiger partial charge in [-0.25, -0.2) is 17.6 Å². The number of carbonyl (C=O) groups is 2. The zero-order valence-electron chi connectivity index (χ0n) is 16.5. The van der Waals surface area contributed by atoms with E-state index in [9.17, 15) is 22.4 Å². The Morgan fingerprint density at radius 2 is 1.93 bits per heavy atom. The average Bonchev–Trinajstić information content (AvgIpc) is 3.25. The normalized spacial score (nSPS) is 15.0. The Morgan fingerprint density at radius 3 is 2.60 bits per heavy atom. The second-order valence-corrected chi connectivity index (χ2v) is 8.92. The van der Waals surface area contributed by atoms with Crippen LogP contribution < -0.4 is 0 Å². The lowest BCUT2D eigenvalue weighted by molar-refractivity contribution is -0.133.